The molecule has 5 aromatic rings. The zero-order chi connectivity index (χ0) is 47.3. The molecule has 0 saturated carbocycles. The Kier molecular flexibility index (Phi) is 17.3. The van der Waals surface area contributed by atoms with E-state index >= 15 is 0 Å². The van der Waals surface area contributed by atoms with E-state index in [1.165, 1.54) is 48.0 Å². The Balaban J connectivity index is 0.981. The Morgan fingerprint density at radius 2 is 1.39 bits per heavy atom. The van der Waals surface area contributed by atoms with Gasteiger partial charge in [-0.3, -0.25) is 9.79 Å². The van der Waals surface area contributed by atoms with Gasteiger partial charge in [-0.2, -0.15) is 0 Å². The molecule has 15 heteroatoms. The average molecular weight is 944 g/mol. The molecule has 2 aliphatic rings. The first kappa shape index (κ1) is 49.8. The number of aryl methyl sites for hydroxylation is 1. The number of likely N-dealkylation sites (tertiary alicyclic amines) is 1. The Hall–Kier alpha value is -5.05. The van der Waals surface area contributed by atoms with Crippen LogP contribution in [0.5, 0.6) is 5.75 Å². The maximum Gasteiger partial charge on any atom is 0.524 e. The van der Waals surface area contributed by atoms with E-state index < -0.39 is 36.9 Å². The lowest BCUT2D eigenvalue weighted by molar-refractivity contribution is -0.958. The molecule has 1 atom stereocenters. The zero-order valence-corrected chi connectivity index (χ0v) is 38.8. The second kappa shape index (κ2) is 23.3. The number of aliphatic hydroxyl groups excluding tert-OH is 1. The molecule has 0 bridgehead atoms. The summed E-state index contributed by atoms with van der Waals surface area (Å²) in [4.78, 5) is 35.6. The van der Waals surface area contributed by atoms with Crippen LogP contribution in [0.4, 0.5) is 18.0 Å². The molecule has 358 valence electrons. The number of carbonyl (C=O) groups excluding carboxylic acids is 1. The summed E-state index contributed by atoms with van der Waals surface area (Å²) in [6.45, 7) is 4.30. The maximum absolute atomic E-state index is 14.6. The van der Waals surface area contributed by atoms with Crippen LogP contribution in [0.2, 0.25) is 0 Å². The van der Waals surface area contributed by atoms with Crippen LogP contribution in [0.3, 0.4) is 0 Å². The third kappa shape index (κ3) is 14.0. The van der Waals surface area contributed by atoms with E-state index in [9.17, 15) is 37.4 Å². The fourth-order valence-corrected chi connectivity index (χ4v) is 10.1. The molecule has 2 saturated heterocycles. The van der Waals surface area contributed by atoms with Gasteiger partial charge >= 0.3 is 13.9 Å². The lowest BCUT2D eigenvalue weighted by Crippen LogP contribution is -2.56. The van der Waals surface area contributed by atoms with Crippen LogP contribution >= 0.6 is 7.82 Å². The summed E-state index contributed by atoms with van der Waals surface area (Å²) in [6, 6.07) is 32.9. The van der Waals surface area contributed by atoms with E-state index in [1.54, 1.807) is 47.4 Å². The van der Waals surface area contributed by atoms with Crippen molar-refractivity contribution in [1.82, 2.24) is 15.5 Å². The number of ether oxygens (including phenoxy) is 1. The third-order valence-corrected chi connectivity index (χ3v) is 13.6. The van der Waals surface area contributed by atoms with Crippen LogP contribution < -0.4 is 15.2 Å². The largest absolute Gasteiger partial charge is 0.524 e. The number of urea groups is 1. The molecule has 7 rings (SSSR count). The van der Waals surface area contributed by atoms with Gasteiger partial charge in [0.05, 0.1) is 25.7 Å². The monoisotopic (exact) mass is 943 g/mol. The highest BCUT2D eigenvalue weighted by atomic mass is 31.2. The summed E-state index contributed by atoms with van der Waals surface area (Å²) in [5, 5.41) is 17.8. The van der Waals surface area contributed by atoms with E-state index in [0.29, 0.717) is 65.8 Å². The number of phosphoric ester groups is 1. The number of aliphatic hydroxyl groups is 1. The number of hydrogen-bond donors (Lipinski definition) is 5. The van der Waals surface area contributed by atoms with Crippen LogP contribution in [0.25, 0.3) is 0 Å². The van der Waals surface area contributed by atoms with Gasteiger partial charge in [-0.05, 0) is 109 Å². The van der Waals surface area contributed by atoms with E-state index in [4.69, 9.17) is 9.26 Å². The van der Waals surface area contributed by atoms with E-state index in [1.807, 2.05) is 12.1 Å². The molecule has 0 aromatic heterocycles. The lowest BCUT2D eigenvalue weighted by atomic mass is 9.83. The van der Waals surface area contributed by atoms with Crippen molar-refractivity contribution in [3.05, 3.63) is 172 Å². The van der Waals surface area contributed by atoms with E-state index in [0.717, 1.165) is 63.7 Å². The lowest BCUT2D eigenvalue weighted by Gasteiger charge is -2.46. The molecule has 11 nitrogen and oxygen atoms in total. The van der Waals surface area contributed by atoms with E-state index in [2.05, 4.69) is 34.9 Å². The minimum atomic E-state index is -4.99. The normalized spacial score (nSPS) is 18.7. The van der Waals surface area contributed by atoms with Crippen LogP contribution in [0, 0.1) is 17.5 Å². The number of carbonyl (C=O) groups is 1. The molecule has 2 heterocycles. The van der Waals surface area contributed by atoms with Gasteiger partial charge in [-0.1, -0.05) is 85.6 Å². The number of benzene rings is 5. The number of phosphoric acid groups is 1. The number of quaternary nitrogens is 1. The quantitative estimate of drug-likeness (QED) is 0.0234. The summed E-state index contributed by atoms with van der Waals surface area (Å²) in [5.74, 6) is -1.26. The standard InChI is InChI=1S/C52H62F3N4O7P/c53-45-21-17-43(18-22-45)52(44-19-23-46(54)24-20-44)38-58(51(61)57-52)48-26-29-59(30-27-48,36-40-14-10-15-47(55)33-40)37-42-34-41(16-25-50(42)66-67(62,63)64)49(60)35-56-28-7-1-2-8-31-65-32-9-6-13-39-11-4-3-5-12-39/h3-5,10-12,14-25,33-34,48-49,56,60H,1-2,6-9,13,26-32,35-38H2,(H2-,57,61,62,63,64)/p+1. The Morgan fingerprint density at radius 1 is 0.746 bits per heavy atom. The van der Waals surface area contributed by atoms with Gasteiger partial charge in [0.1, 0.15) is 41.8 Å². The van der Waals surface area contributed by atoms with Gasteiger partial charge in [0.2, 0.25) is 0 Å². The maximum atomic E-state index is 14.6. The molecule has 5 aromatic carbocycles. The minimum absolute atomic E-state index is 0.0189. The number of amides is 2. The van der Waals surface area contributed by atoms with Crippen molar-refractivity contribution < 1.29 is 51.2 Å². The Morgan fingerprint density at radius 3 is 2.04 bits per heavy atom. The van der Waals surface area contributed by atoms with Gasteiger partial charge in [-0.25, -0.2) is 22.5 Å². The van der Waals surface area contributed by atoms with Gasteiger partial charge in [0.25, 0.3) is 0 Å². The van der Waals surface area contributed by atoms with Crippen LogP contribution in [0.1, 0.15) is 90.9 Å². The van der Waals surface area contributed by atoms with Crippen molar-refractivity contribution in [2.75, 3.05) is 45.9 Å². The molecule has 2 aliphatic heterocycles. The molecule has 2 fully saturated rings. The summed E-state index contributed by atoms with van der Waals surface area (Å²) >= 11 is 0. The molecular formula is C52H63F3N4O7P+. The van der Waals surface area contributed by atoms with Crippen LogP contribution in [-0.2, 0) is 34.4 Å². The predicted octanol–water partition coefficient (Wildman–Crippen LogP) is 9.45. The molecule has 0 radical (unpaired) electrons. The second-order valence-electron chi connectivity index (χ2n) is 18.1. The SMILES string of the molecule is O=C1NC(c2ccc(F)cc2)(c2ccc(F)cc2)CN1C1CC[N+](Cc2cccc(F)c2)(Cc2cc(C(O)CNCCCCCCOCCCCc3ccccc3)ccc2OP(=O)(O)O)CC1. The van der Waals surface area contributed by atoms with Crippen LogP contribution in [-0.4, -0.2) is 82.3 Å². The van der Waals surface area contributed by atoms with Gasteiger partial charge in [0.15, 0.2) is 0 Å². The smallest absolute Gasteiger partial charge is 0.404 e. The number of rotatable bonds is 24. The summed E-state index contributed by atoms with van der Waals surface area (Å²) in [5.41, 5.74) is 3.32. The number of halogens is 3. The molecule has 67 heavy (non-hydrogen) atoms. The Bertz CT molecular complexity index is 2350. The van der Waals surface area contributed by atoms with Crippen LogP contribution in [0.15, 0.2) is 121 Å². The number of nitrogens with one attached hydrogen (secondary N) is 2. The number of piperidine rings is 1. The highest BCUT2D eigenvalue weighted by molar-refractivity contribution is 7.46. The van der Waals surface area contributed by atoms with Gasteiger partial charge in [-0.15, -0.1) is 0 Å². The molecular weight excluding hydrogens is 881 g/mol. The van der Waals surface area contributed by atoms with Crippen molar-refractivity contribution in [1.29, 1.82) is 0 Å². The highest BCUT2D eigenvalue weighted by Crippen LogP contribution is 2.43. The highest BCUT2D eigenvalue weighted by Gasteiger charge is 2.49. The number of unbranched alkanes of at least 4 members (excludes halogenated alkanes) is 4. The molecule has 0 aliphatic carbocycles. The van der Waals surface area contributed by atoms with Crippen molar-refractivity contribution in [3.63, 3.8) is 0 Å². The van der Waals surface area contributed by atoms with Crippen molar-refractivity contribution in [2.45, 2.75) is 88.6 Å². The first-order chi connectivity index (χ1) is 32.3. The summed E-state index contributed by atoms with van der Waals surface area (Å²) in [7, 11) is -4.99. The number of nitrogens with zero attached hydrogens (tertiary/aromatic N) is 2. The summed E-state index contributed by atoms with van der Waals surface area (Å²) in [6.07, 6.45) is 7.35. The van der Waals surface area contributed by atoms with Crippen molar-refractivity contribution in [3.8, 4) is 5.75 Å². The van der Waals surface area contributed by atoms with Crippen molar-refractivity contribution in [2.24, 2.45) is 0 Å². The Labute approximate surface area is 391 Å². The van der Waals surface area contributed by atoms with Gasteiger partial charge in [0, 0.05) is 49.8 Å². The minimum Gasteiger partial charge on any atom is -0.404 e. The summed E-state index contributed by atoms with van der Waals surface area (Å²) < 4.78 is 66.5. The molecule has 1 unspecified atom stereocenters. The topological polar surface area (TPSA) is 141 Å². The third-order valence-electron chi connectivity index (χ3n) is 13.2. The fraction of sp³-hybridized carbons (Fsp3) is 0.404. The van der Waals surface area contributed by atoms with Gasteiger partial charge < -0.3 is 34.4 Å². The second-order valence-corrected chi connectivity index (χ2v) is 19.2. The fourth-order valence-electron chi connectivity index (χ4n) is 9.64. The van der Waals surface area contributed by atoms with Crippen molar-refractivity contribution >= 4 is 13.9 Å². The first-order valence-electron chi connectivity index (χ1n) is 23.4. The molecule has 0 spiro atoms. The first-order valence-corrected chi connectivity index (χ1v) is 24.9. The average Bonchev–Trinajstić information content (AvgIpc) is 3.66. The molecule has 2 amide bonds. The molecule has 5 N–H and O–H groups in total. The van der Waals surface area contributed by atoms with E-state index in [-0.39, 0.29) is 37.5 Å². The zero-order valence-electron chi connectivity index (χ0n) is 37.9. The predicted molar refractivity (Wildman–Crippen MR) is 251 cm³/mol. The number of hydrogen-bond acceptors (Lipinski definition) is 6.